The number of hydrogen-bond acceptors (Lipinski definition) is 7. The molecule has 9 heteroatoms. The first-order valence-corrected chi connectivity index (χ1v) is 8.94. The average molecular weight is 358 g/mol. The van der Waals surface area contributed by atoms with E-state index in [9.17, 15) is 9.59 Å². The molecule has 0 saturated carbocycles. The fourth-order valence-electron chi connectivity index (χ4n) is 2.99. The summed E-state index contributed by atoms with van der Waals surface area (Å²) >= 11 is 0.896. The molecule has 0 radical (unpaired) electrons. The molecule has 2 saturated heterocycles. The topological polar surface area (TPSA) is 82.8 Å². The Morgan fingerprint density at radius 3 is 2.92 bits per heavy atom. The van der Waals surface area contributed by atoms with Gasteiger partial charge in [0.25, 0.3) is 11.1 Å². The first kappa shape index (κ1) is 16.1. The molecule has 8 nitrogen and oxygen atoms in total. The van der Waals surface area contributed by atoms with Crippen LogP contribution >= 0.6 is 11.8 Å². The van der Waals surface area contributed by atoms with Gasteiger partial charge in [-0.05, 0) is 43.9 Å². The van der Waals surface area contributed by atoms with Crippen LogP contribution in [0.15, 0.2) is 23.4 Å². The van der Waals surface area contributed by atoms with E-state index in [-0.39, 0.29) is 11.1 Å². The Labute approximate surface area is 148 Å². The second-order valence-corrected chi connectivity index (χ2v) is 7.16. The van der Waals surface area contributed by atoms with Gasteiger partial charge in [0.15, 0.2) is 5.65 Å². The summed E-state index contributed by atoms with van der Waals surface area (Å²) in [5.41, 5.74) is 1.40. The highest BCUT2D eigenvalue weighted by molar-refractivity contribution is 8.18. The molecule has 0 bridgehead atoms. The number of thioether (sulfide) groups is 1. The van der Waals surface area contributed by atoms with Crippen molar-refractivity contribution in [1.82, 2.24) is 24.8 Å². The number of likely N-dealkylation sites (N-methyl/N-ethyl adjacent to an activating group) is 1. The van der Waals surface area contributed by atoms with Gasteiger partial charge >= 0.3 is 0 Å². The maximum absolute atomic E-state index is 11.7. The lowest BCUT2D eigenvalue weighted by Crippen LogP contribution is -2.29. The van der Waals surface area contributed by atoms with Gasteiger partial charge in [-0.3, -0.25) is 14.9 Å². The second kappa shape index (κ2) is 6.49. The van der Waals surface area contributed by atoms with E-state index in [4.69, 9.17) is 4.98 Å². The molecular weight excluding hydrogens is 340 g/mol. The van der Waals surface area contributed by atoms with Crippen LogP contribution in [0.2, 0.25) is 0 Å². The zero-order valence-corrected chi connectivity index (χ0v) is 14.6. The van der Waals surface area contributed by atoms with Crippen LogP contribution in [0.1, 0.15) is 12.0 Å². The summed E-state index contributed by atoms with van der Waals surface area (Å²) < 4.78 is 1.68. The van der Waals surface area contributed by atoms with Crippen LogP contribution in [-0.4, -0.2) is 63.9 Å². The molecule has 2 amide bonds. The summed E-state index contributed by atoms with van der Waals surface area (Å²) in [6, 6.07) is 1.96. The Bertz CT molecular complexity index is 877. The number of imide groups is 1. The van der Waals surface area contributed by atoms with E-state index in [0.29, 0.717) is 10.6 Å². The molecule has 25 heavy (non-hydrogen) atoms. The Hall–Kier alpha value is -2.39. The van der Waals surface area contributed by atoms with Crippen LogP contribution in [0.3, 0.4) is 0 Å². The first-order valence-electron chi connectivity index (χ1n) is 8.13. The lowest BCUT2D eigenvalue weighted by Gasteiger charge is -2.21. The van der Waals surface area contributed by atoms with Crippen molar-refractivity contribution in [2.75, 3.05) is 38.1 Å². The molecule has 0 aromatic carbocycles. The van der Waals surface area contributed by atoms with Gasteiger partial charge in [0, 0.05) is 31.4 Å². The maximum atomic E-state index is 11.7. The highest BCUT2D eigenvalue weighted by atomic mass is 32.2. The van der Waals surface area contributed by atoms with E-state index in [0.717, 1.165) is 55.7 Å². The Balaban J connectivity index is 1.67. The fraction of sp³-hybridized carbons (Fsp3) is 0.375. The van der Waals surface area contributed by atoms with E-state index in [1.165, 1.54) is 0 Å². The third-order valence-electron chi connectivity index (χ3n) is 4.35. The molecule has 1 N–H and O–H groups in total. The van der Waals surface area contributed by atoms with Gasteiger partial charge < -0.3 is 9.80 Å². The Morgan fingerprint density at radius 2 is 2.12 bits per heavy atom. The van der Waals surface area contributed by atoms with E-state index in [1.807, 2.05) is 12.3 Å². The van der Waals surface area contributed by atoms with Crippen molar-refractivity contribution < 1.29 is 9.59 Å². The SMILES string of the molecule is CN1CCCN(c2ccn3ncc(/C=C4/SC(=O)NC4=O)c3n2)CC1. The molecule has 4 heterocycles. The number of nitrogens with zero attached hydrogens (tertiary/aromatic N) is 5. The van der Waals surface area contributed by atoms with Gasteiger partial charge in [-0.25, -0.2) is 9.50 Å². The molecular formula is C16H18N6O2S. The minimum atomic E-state index is -0.374. The summed E-state index contributed by atoms with van der Waals surface area (Å²) in [4.78, 5) is 32.8. The number of amides is 2. The van der Waals surface area contributed by atoms with E-state index < -0.39 is 0 Å². The Kier molecular flexibility index (Phi) is 4.18. The first-order chi connectivity index (χ1) is 12.1. The van der Waals surface area contributed by atoms with Gasteiger partial charge in [-0.15, -0.1) is 0 Å². The normalized spacial score (nSPS) is 21.2. The van der Waals surface area contributed by atoms with Gasteiger partial charge in [0.2, 0.25) is 0 Å². The highest BCUT2D eigenvalue weighted by Crippen LogP contribution is 2.27. The predicted octanol–water partition coefficient (Wildman–Crippen LogP) is 1.20. The van der Waals surface area contributed by atoms with Gasteiger partial charge in [-0.1, -0.05) is 0 Å². The van der Waals surface area contributed by atoms with Crippen molar-refractivity contribution in [3.63, 3.8) is 0 Å². The number of aromatic nitrogens is 3. The third kappa shape index (κ3) is 3.24. The van der Waals surface area contributed by atoms with Crippen molar-refractivity contribution in [3.8, 4) is 0 Å². The molecule has 2 aromatic heterocycles. The van der Waals surface area contributed by atoms with E-state index in [2.05, 4.69) is 27.3 Å². The lowest BCUT2D eigenvalue weighted by molar-refractivity contribution is -0.115. The molecule has 0 unspecified atom stereocenters. The quantitative estimate of drug-likeness (QED) is 0.808. The average Bonchev–Trinajstić information content (AvgIpc) is 3.04. The Morgan fingerprint density at radius 1 is 1.24 bits per heavy atom. The number of rotatable bonds is 2. The highest BCUT2D eigenvalue weighted by Gasteiger charge is 2.25. The van der Waals surface area contributed by atoms with Crippen molar-refractivity contribution >= 4 is 40.4 Å². The molecule has 2 aromatic rings. The van der Waals surface area contributed by atoms with Crippen LogP contribution in [0, 0.1) is 0 Å². The van der Waals surface area contributed by atoms with E-state index in [1.54, 1.807) is 16.8 Å². The number of hydrogen-bond donors (Lipinski definition) is 1. The summed E-state index contributed by atoms with van der Waals surface area (Å²) in [5.74, 6) is 0.531. The van der Waals surface area contributed by atoms with Crippen molar-refractivity contribution in [2.45, 2.75) is 6.42 Å². The monoisotopic (exact) mass is 358 g/mol. The summed E-state index contributed by atoms with van der Waals surface area (Å²) in [7, 11) is 2.13. The minimum Gasteiger partial charge on any atom is -0.355 e. The minimum absolute atomic E-state index is 0.352. The lowest BCUT2D eigenvalue weighted by atomic mass is 10.3. The predicted molar refractivity (Wildman–Crippen MR) is 96.4 cm³/mol. The zero-order chi connectivity index (χ0) is 17.4. The largest absolute Gasteiger partial charge is 0.355 e. The van der Waals surface area contributed by atoms with Crippen LogP contribution in [-0.2, 0) is 4.79 Å². The van der Waals surface area contributed by atoms with Gasteiger partial charge in [-0.2, -0.15) is 5.10 Å². The molecule has 2 fully saturated rings. The molecule has 130 valence electrons. The van der Waals surface area contributed by atoms with Crippen LogP contribution in [0.25, 0.3) is 11.7 Å². The number of carbonyl (C=O) groups excluding carboxylic acids is 2. The number of fused-ring (bicyclic) bond motifs is 1. The molecule has 0 aliphatic carbocycles. The van der Waals surface area contributed by atoms with Crippen molar-refractivity contribution in [3.05, 3.63) is 28.9 Å². The number of nitrogens with one attached hydrogen (secondary N) is 1. The second-order valence-electron chi connectivity index (χ2n) is 6.15. The number of carbonyl (C=O) groups is 2. The molecule has 0 atom stereocenters. The molecule has 2 aliphatic heterocycles. The maximum Gasteiger partial charge on any atom is 0.290 e. The van der Waals surface area contributed by atoms with Crippen LogP contribution in [0.4, 0.5) is 10.6 Å². The summed E-state index contributed by atoms with van der Waals surface area (Å²) in [6.07, 6.45) is 6.30. The number of anilines is 1. The molecule has 0 spiro atoms. The van der Waals surface area contributed by atoms with Gasteiger partial charge in [0.05, 0.1) is 11.1 Å². The van der Waals surface area contributed by atoms with Crippen molar-refractivity contribution in [2.24, 2.45) is 0 Å². The van der Waals surface area contributed by atoms with Crippen molar-refractivity contribution in [1.29, 1.82) is 0 Å². The standard InChI is InChI=1S/C16H18N6O2S/c1-20-4-2-5-21(8-7-20)13-3-6-22-14(18-13)11(10-17-22)9-12-15(23)19-16(24)25-12/h3,6,9-10H,2,4-5,7-8H2,1H3,(H,19,23,24)/b12-9+. The van der Waals surface area contributed by atoms with Crippen LogP contribution in [0.5, 0.6) is 0 Å². The molecule has 2 aliphatic rings. The summed E-state index contributed by atoms with van der Waals surface area (Å²) in [6.45, 7) is 3.98. The van der Waals surface area contributed by atoms with Crippen LogP contribution < -0.4 is 10.2 Å². The fourth-order valence-corrected chi connectivity index (χ4v) is 3.67. The third-order valence-corrected chi connectivity index (χ3v) is 5.16. The van der Waals surface area contributed by atoms with E-state index >= 15 is 0 Å². The summed E-state index contributed by atoms with van der Waals surface area (Å²) in [5, 5.41) is 6.18. The zero-order valence-electron chi connectivity index (χ0n) is 13.8. The smallest absolute Gasteiger partial charge is 0.290 e. The van der Waals surface area contributed by atoms with Gasteiger partial charge in [0.1, 0.15) is 5.82 Å². The molecule has 4 rings (SSSR count).